The summed E-state index contributed by atoms with van der Waals surface area (Å²) in [5, 5.41) is 0. The van der Waals surface area contributed by atoms with Crippen molar-refractivity contribution in [2.45, 2.75) is 38.5 Å². The molecular weight excluding hydrogens is 288 g/mol. The Morgan fingerprint density at radius 1 is 0.773 bits per heavy atom. The average molecular weight is 314 g/mol. The quantitative estimate of drug-likeness (QED) is 0.476. The Morgan fingerprint density at radius 2 is 1.23 bits per heavy atom. The molecule has 2 saturated heterocycles. The summed E-state index contributed by atoms with van der Waals surface area (Å²) in [5.41, 5.74) is 0. The SMILES string of the molecule is O=C1CC(CCOCCOCCC2CCOC(=O)C2)CCO1. The highest BCUT2D eigenvalue weighted by molar-refractivity contribution is 5.70. The molecule has 2 aliphatic rings. The summed E-state index contributed by atoms with van der Waals surface area (Å²) in [4.78, 5) is 22.2. The van der Waals surface area contributed by atoms with E-state index in [-0.39, 0.29) is 11.9 Å². The molecule has 2 aliphatic heterocycles. The second kappa shape index (κ2) is 9.79. The molecule has 0 aliphatic carbocycles. The van der Waals surface area contributed by atoms with Gasteiger partial charge in [-0.1, -0.05) is 0 Å². The zero-order valence-corrected chi connectivity index (χ0v) is 13.1. The van der Waals surface area contributed by atoms with Crippen molar-refractivity contribution in [3.8, 4) is 0 Å². The minimum atomic E-state index is -0.0915. The molecule has 126 valence electrons. The van der Waals surface area contributed by atoms with Gasteiger partial charge in [-0.3, -0.25) is 9.59 Å². The van der Waals surface area contributed by atoms with Gasteiger partial charge in [-0.25, -0.2) is 0 Å². The van der Waals surface area contributed by atoms with E-state index in [0.717, 1.165) is 25.7 Å². The summed E-state index contributed by atoms with van der Waals surface area (Å²) in [7, 11) is 0. The third-order valence-corrected chi connectivity index (χ3v) is 4.20. The Balaban J connectivity index is 1.38. The van der Waals surface area contributed by atoms with Gasteiger partial charge in [0.2, 0.25) is 0 Å². The van der Waals surface area contributed by atoms with Crippen molar-refractivity contribution >= 4 is 11.9 Å². The number of esters is 2. The maximum absolute atomic E-state index is 11.1. The molecule has 0 radical (unpaired) electrons. The summed E-state index contributed by atoms with van der Waals surface area (Å²) in [6.45, 7) is 3.56. The van der Waals surface area contributed by atoms with Crippen molar-refractivity contribution in [3.63, 3.8) is 0 Å². The number of carbonyl (C=O) groups is 2. The van der Waals surface area contributed by atoms with Gasteiger partial charge in [0.05, 0.1) is 26.4 Å². The van der Waals surface area contributed by atoms with E-state index in [9.17, 15) is 9.59 Å². The topological polar surface area (TPSA) is 71.1 Å². The number of hydrogen-bond donors (Lipinski definition) is 0. The van der Waals surface area contributed by atoms with Crippen molar-refractivity contribution in [1.82, 2.24) is 0 Å². The van der Waals surface area contributed by atoms with Crippen LogP contribution in [0.15, 0.2) is 0 Å². The smallest absolute Gasteiger partial charge is 0.306 e. The number of rotatable bonds is 9. The largest absolute Gasteiger partial charge is 0.466 e. The summed E-state index contributed by atoms with van der Waals surface area (Å²) in [5.74, 6) is 0.610. The number of carbonyl (C=O) groups excluding carboxylic acids is 2. The van der Waals surface area contributed by atoms with Gasteiger partial charge >= 0.3 is 11.9 Å². The van der Waals surface area contributed by atoms with Crippen LogP contribution in [0.1, 0.15) is 38.5 Å². The number of ether oxygens (including phenoxy) is 4. The molecule has 0 spiro atoms. The van der Waals surface area contributed by atoms with Gasteiger partial charge in [-0.05, 0) is 37.5 Å². The van der Waals surface area contributed by atoms with Gasteiger partial charge in [0.25, 0.3) is 0 Å². The first kappa shape index (κ1) is 17.2. The highest BCUT2D eigenvalue weighted by Gasteiger charge is 2.21. The van der Waals surface area contributed by atoms with Gasteiger partial charge in [-0.15, -0.1) is 0 Å². The van der Waals surface area contributed by atoms with E-state index in [1.165, 1.54) is 0 Å². The van der Waals surface area contributed by atoms with E-state index >= 15 is 0 Å². The lowest BCUT2D eigenvalue weighted by Crippen LogP contribution is -2.22. The molecule has 0 aromatic heterocycles. The Labute approximate surface area is 131 Å². The van der Waals surface area contributed by atoms with Crippen LogP contribution in [0.2, 0.25) is 0 Å². The van der Waals surface area contributed by atoms with Crippen LogP contribution in [-0.4, -0.2) is 51.6 Å². The summed E-state index contributed by atoms with van der Waals surface area (Å²) in [6, 6.07) is 0. The second-order valence-electron chi connectivity index (χ2n) is 5.96. The molecular formula is C16H26O6. The van der Waals surface area contributed by atoms with Gasteiger partial charge < -0.3 is 18.9 Å². The van der Waals surface area contributed by atoms with Crippen molar-refractivity contribution in [2.24, 2.45) is 11.8 Å². The first-order valence-corrected chi connectivity index (χ1v) is 8.21. The molecule has 0 saturated carbocycles. The molecule has 0 bridgehead atoms. The van der Waals surface area contributed by atoms with Crippen LogP contribution in [0.3, 0.4) is 0 Å². The third kappa shape index (κ3) is 6.75. The van der Waals surface area contributed by atoms with E-state index in [1.807, 2.05) is 0 Å². The lowest BCUT2D eigenvalue weighted by molar-refractivity contribution is -0.150. The van der Waals surface area contributed by atoms with Gasteiger partial charge in [0.15, 0.2) is 0 Å². The van der Waals surface area contributed by atoms with E-state index < -0.39 is 0 Å². The van der Waals surface area contributed by atoms with E-state index in [0.29, 0.717) is 64.3 Å². The lowest BCUT2D eigenvalue weighted by atomic mass is 9.97. The summed E-state index contributed by atoms with van der Waals surface area (Å²) in [6.07, 6.45) is 4.72. The van der Waals surface area contributed by atoms with Crippen LogP contribution in [0.4, 0.5) is 0 Å². The fourth-order valence-corrected chi connectivity index (χ4v) is 2.79. The zero-order chi connectivity index (χ0) is 15.6. The predicted octanol–water partition coefficient (Wildman–Crippen LogP) is 1.71. The molecule has 2 rings (SSSR count). The third-order valence-electron chi connectivity index (χ3n) is 4.20. The second-order valence-corrected chi connectivity index (χ2v) is 5.96. The van der Waals surface area contributed by atoms with Crippen LogP contribution < -0.4 is 0 Å². The minimum absolute atomic E-state index is 0.0915. The van der Waals surface area contributed by atoms with Crippen LogP contribution >= 0.6 is 0 Å². The fourth-order valence-electron chi connectivity index (χ4n) is 2.79. The predicted molar refractivity (Wildman–Crippen MR) is 78.2 cm³/mol. The highest BCUT2D eigenvalue weighted by Crippen LogP contribution is 2.20. The maximum atomic E-state index is 11.1. The molecule has 0 aromatic carbocycles. The van der Waals surface area contributed by atoms with Crippen LogP contribution in [0.25, 0.3) is 0 Å². The van der Waals surface area contributed by atoms with E-state index in [1.54, 1.807) is 0 Å². The molecule has 2 heterocycles. The lowest BCUT2D eigenvalue weighted by Gasteiger charge is -2.21. The monoisotopic (exact) mass is 314 g/mol. The number of cyclic esters (lactones) is 2. The number of hydrogen-bond acceptors (Lipinski definition) is 6. The van der Waals surface area contributed by atoms with Crippen LogP contribution in [0.5, 0.6) is 0 Å². The Kier molecular flexibility index (Phi) is 7.66. The maximum Gasteiger partial charge on any atom is 0.306 e. The average Bonchev–Trinajstić information content (AvgIpc) is 2.50. The highest BCUT2D eigenvalue weighted by atomic mass is 16.5. The molecule has 22 heavy (non-hydrogen) atoms. The van der Waals surface area contributed by atoms with Gasteiger partial charge in [-0.2, -0.15) is 0 Å². The normalized spacial score (nSPS) is 25.6. The van der Waals surface area contributed by atoms with E-state index in [2.05, 4.69) is 0 Å². The van der Waals surface area contributed by atoms with E-state index in [4.69, 9.17) is 18.9 Å². The van der Waals surface area contributed by atoms with Crippen LogP contribution in [-0.2, 0) is 28.5 Å². The van der Waals surface area contributed by atoms with Crippen molar-refractivity contribution in [3.05, 3.63) is 0 Å². The molecule has 0 amide bonds. The Hall–Kier alpha value is -1.14. The van der Waals surface area contributed by atoms with Gasteiger partial charge in [0.1, 0.15) is 0 Å². The van der Waals surface area contributed by atoms with Crippen molar-refractivity contribution < 1.29 is 28.5 Å². The van der Waals surface area contributed by atoms with Gasteiger partial charge in [0, 0.05) is 26.1 Å². The fraction of sp³-hybridized carbons (Fsp3) is 0.875. The summed E-state index contributed by atoms with van der Waals surface area (Å²) < 4.78 is 20.9. The standard InChI is InChI=1S/C16H26O6/c17-15-11-13(3-7-21-15)1-5-19-9-10-20-6-2-14-4-8-22-16(18)12-14/h13-14H,1-12H2. The molecule has 2 fully saturated rings. The summed E-state index contributed by atoms with van der Waals surface area (Å²) >= 11 is 0. The molecule has 6 heteroatoms. The molecule has 2 unspecified atom stereocenters. The van der Waals surface area contributed by atoms with Crippen molar-refractivity contribution in [1.29, 1.82) is 0 Å². The molecule has 0 N–H and O–H groups in total. The Bertz CT molecular complexity index is 323. The zero-order valence-electron chi connectivity index (χ0n) is 13.1. The first-order chi connectivity index (χ1) is 10.7. The van der Waals surface area contributed by atoms with Crippen molar-refractivity contribution in [2.75, 3.05) is 39.6 Å². The molecule has 2 atom stereocenters. The van der Waals surface area contributed by atoms with Crippen LogP contribution in [0, 0.1) is 11.8 Å². The molecule has 6 nitrogen and oxygen atoms in total. The minimum Gasteiger partial charge on any atom is -0.466 e. The molecule has 0 aromatic rings. The Morgan fingerprint density at radius 3 is 1.64 bits per heavy atom. The first-order valence-electron chi connectivity index (χ1n) is 8.21.